The topological polar surface area (TPSA) is 59.9 Å². The molecule has 0 saturated heterocycles. The molecule has 124 valence electrons. The van der Waals surface area contributed by atoms with Crippen LogP contribution in [0.5, 0.6) is 0 Å². The number of fused-ring (bicyclic) bond motifs is 1. The van der Waals surface area contributed by atoms with Gasteiger partial charge in [0, 0.05) is 34.4 Å². The number of nitrogens with zero attached hydrogens (tertiary/aromatic N) is 2. The van der Waals surface area contributed by atoms with Gasteiger partial charge in [-0.15, -0.1) is 0 Å². The molecule has 1 amide bonds. The number of anilines is 1. The number of carbonyl (C=O) groups excluding carboxylic acids is 1. The van der Waals surface area contributed by atoms with E-state index in [1.165, 1.54) is 0 Å². The number of amides is 1. The molecular formula is C21H19N3O. The summed E-state index contributed by atoms with van der Waals surface area (Å²) >= 11 is 0. The van der Waals surface area contributed by atoms with E-state index in [2.05, 4.69) is 11.1 Å². The van der Waals surface area contributed by atoms with Crippen LogP contribution in [-0.2, 0) is 4.79 Å². The van der Waals surface area contributed by atoms with E-state index in [1.54, 1.807) is 11.0 Å². The van der Waals surface area contributed by atoms with Crippen LogP contribution in [0, 0.1) is 11.3 Å². The van der Waals surface area contributed by atoms with Gasteiger partial charge >= 0.3 is 0 Å². The molecule has 4 nitrogen and oxygen atoms in total. The molecule has 3 aromatic rings. The molecule has 3 rings (SSSR count). The van der Waals surface area contributed by atoms with Crippen molar-refractivity contribution in [2.24, 2.45) is 0 Å². The standard InChI is InChI=1S/C21H19N3O/c1-15(2)24(18-8-4-3-5-9-18)21(25)16(13-22)12-17-14-23-20-11-7-6-10-19(17)20/h3-12,14-15,23H,1-2H3/b16-12+. The minimum atomic E-state index is -0.297. The average Bonchev–Trinajstić information content (AvgIpc) is 3.03. The maximum Gasteiger partial charge on any atom is 0.269 e. The number of nitrogens with one attached hydrogen (secondary N) is 1. The molecule has 0 radical (unpaired) electrons. The van der Waals surface area contributed by atoms with Gasteiger partial charge < -0.3 is 9.88 Å². The summed E-state index contributed by atoms with van der Waals surface area (Å²) in [5.41, 5.74) is 2.70. The van der Waals surface area contributed by atoms with Gasteiger partial charge in [0.05, 0.1) is 0 Å². The molecule has 0 aliphatic rings. The first-order chi connectivity index (χ1) is 12.1. The van der Waals surface area contributed by atoms with E-state index in [1.807, 2.05) is 74.6 Å². The molecule has 0 saturated carbocycles. The van der Waals surface area contributed by atoms with Crippen molar-refractivity contribution in [1.29, 1.82) is 5.26 Å². The zero-order valence-electron chi connectivity index (χ0n) is 14.2. The predicted octanol–water partition coefficient (Wildman–Crippen LogP) is 4.52. The van der Waals surface area contributed by atoms with Crippen LogP contribution >= 0.6 is 0 Å². The zero-order valence-corrected chi connectivity index (χ0v) is 14.2. The third kappa shape index (κ3) is 3.31. The van der Waals surface area contributed by atoms with Gasteiger partial charge in [0.1, 0.15) is 11.6 Å². The van der Waals surface area contributed by atoms with E-state index < -0.39 is 0 Å². The van der Waals surface area contributed by atoms with Gasteiger partial charge in [-0.1, -0.05) is 36.4 Å². The molecule has 0 unspecified atom stereocenters. The van der Waals surface area contributed by atoms with Crippen molar-refractivity contribution in [2.75, 3.05) is 4.90 Å². The molecular weight excluding hydrogens is 310 g/mol. The number of para-hydroxylation sites is 2. The maximum absolute atomic E-state index is 13.0. The van der Waals surface area contributed by atoms with Crippen LogP contribution in [0.25, 0.3) is 17.0 Å². The minimum Gasteiger partial charge on any atom is -0.361 e. The van der Waals surface area contributed by atoms with Crippen molar-refractivity contribution >= 4 is 28.6 Å². The Bertz CT molecular complexity index is 961. The molecule has 1 N–H and O–H groups in total. The third-order valence-electron chi connectivity index (χ3n) is 4.04. The number of benzene rings is 2. The molecule has 0 fully saturated rings. The summed E-state index contributed by atoms with van der Waals surface area (Å²) in [4.78, 5) is 17.8. The van der Waals surface area contributed by atoms with Gasteiger partial charge in [0.2, 0.25) is 0 Å². The third-order valence-corrected chi connectivity index (χ3v) is 4.04. The number of aromatic amines is 1. The Morgan fingerprint density at radius 1 is 1.12 bits per heavy atom. The number of carbonyl (C=O) groups is 1. The van der Waals surface area contributed by atoms with Crippen LogP contribution in [0.15, 0.2) is 66.4 Å². The first-order valence-corrected chi connectivity index (χ1v) is 8.18. The molecule has 2 aromatic carbocycles. The summed E-state index contributed by atoms with van der Waals surface area (Å²) in [7, 11) is 0. The van der Waals surface area contributed by atoms with E-state index in [0.29, 0.717) is 0 Å². The highest BCUT2D eigenvalue weighted by Gasteiger charge is 2.22. The van der Waals surface area contributed by atoms with Gasteiger partial charge in [0.25, 0.3) is 5.91 Å². The summed E-state index contributed by atoms with van der Waals surface area (Å²) in [5, 5.41) is 10.6. The largest absolute Gasteiger partial charge is 0.361 e. The van der Waals surface area contributed by atoms with Crippen LogP contribution in [0.2, 0.25) is 0 Å². The molecule has 0 aliphatic carbocycles. The van der Waals surface area contributed by atoms with Gasteiger partial charge in [0.15, 0.2) is 0 Å². The fourth-order valence-corrected chi connectivity index (χ4v) is 2.88. The Hall–Kier alpha value is -3.32. The Labute approximate surface area is 147 Å². The van der Waals surface area contributed by atoms with Gasteiger partial charge in [-0.05, 0) is 38.1 Å². The predicted molar refractivity (Wildman–Crippen MR) is 101 cm³/mol. The highest BCUT2D eigenvalue weighted by atomic mass is 16.2. The second kappa shape index (κ2) is 7.06. The second-order valence-corrected chi connectivity index (χ2v) is 6.06. The highest BCUT2D eigenvalue weighted by Crippen LogP contribution is 2.23. The SMILES string of the molecule is CC(C)N(C(=O)/C(C#N)=C/c1c[nH]c2ccccc12)c1ccccc1. The van der Waals surface area contributed by atoms with Crippen LogP contribution in [-0.4, -0.2) is 16.9 Å². The molecule has 1 aromatic heterocycles. The normalized spacial score (nSPS) is 11.5. The molecule has 0 spiro atoms. The van der Waals surface area contributed by atoms with Crippen molar-refractivity contribution in [1.82, 2.24) is 4.98 Å². The van der Waals surface area contributed by atoms with E-state index in [0.717, 1.165) is 22.2 Å². The van der Waals surface area contributed by atoms with Gasteiger partial charge in [-0.25, -0.2) is 0 Å². The number of hydrogen-bond acceptors (Lipinski definition) is 2. The first-order valence-electron chi connectivity index (χ1n) is 8.18. The van der Waals surface area contributed by atoms with Gasteiger partial charge in [-0.3, -0.25) is 4.79 Å². The lowest BCUT2D eigenvalue weighted by molar-refractivity contribution is -0.115. The average molecular weight is 329 g/mol. The van der Waals surface area contributed by atoms with E-state index in [-0.39, 0.29) is 17.5 Å². The summed E-state index contributed by atoms with van der Waals surface area (Å²) in [6, 6.07) is 19.2. The molecule has 0 atom stereocenters. The lowest BCUT2D eigenvalue weighted by Crippen LogP contribution is -2.37. The van der Waals surface area contributed by atoms with E-state index in [9.17, 15) is 10.1 Å². The quantitative estimate of drug-likeness (QED) is 0.565. The lowest BCUT2D eigenvalue weighted by atomic mass is 10.1. The fraction of sp³-hybridized carbons (Fsp3) is 0.143. The fourth-order valence-electron chi connectivity index (χ4n) is 2.88. The van der Waals surface area contributed by atoms with Crippen molar-refractivity contribution in [3.8, 4) is 6.07 Å². The van der Waals surface area contributed by atoms with E-state index >= 15 is 0 Å². The minimum absolute atomic E-state index is 0.0605. The molecule has 0 aliphatic heterocycles. The highest BCUT2D eigenvalue weighted by molar-refractivity contribution is 6.12. The lowest BCUT2D eigenvalue weighted by Gasteiger charge is -2.26. The van der Waals surface area contributed by atoms with Crippen molar-refractivity contribution in [3.05, 3.63) is 71.9 Å². The maximum atomic E-state index is 13.0. The number of rotatable bonds is 4. The summed E-state index contributed by atoms with van der Waals surface area (Å²) in [6.45, 7) is 3.87. The Morgan fingerprint density at radius 2 is 1.80 bits per heavy atom. The van der Waals surface area contributed by atoms with Crippen LogP contribution in [0.4, 0.5) is 5.69 Å². The number of nitriles is 1. The smallest absolute Gasteiger partial charge is 0.269 e. The summed E-state index contributed by atoms with van der Waals surface area (Å²) in [6.07, 6.45) is 3.47. The monoisotopic (exact) mass is 329 g/mol. The van der Waals surface area contributed by atoms with Crippen molar-refractivity contribution < 1.29 is 4.79 Å². The van der Waals surface area contributed by atoms with Crippen molar-refractivity contribution in [3.63, 3.8) is 0 Å². The first kappa shape index (κ1) is 16.5. The van der Waals surface area contributed by atoms with E-state index in [4.69, 9.17) is 0 Å². The zero-order chi connectivity index (χ0) is 17.8. The molecule has 25 heavy (non-hydrogen) atoms. The number of hydrogen-bond donors (Lipinski definition) is 1. The van der Waals surface area contributed by atoms with Crippen molar-refractivity contribution in [2.45, 2.75) is 19.9 Å². The Morgan fingerprint density at radius 3 is 2.48 bits per heavy atom. The Balaban J connectivity index is 2.02. The van der Waals surface area contributed by atoms with Gasteiger partial charge in [-0.2, -0.15) is 5.26 Å². The summed E-state index contributed by atoms with van der Waals surface area (Å²) in [5.74, 6) is -0.297. The number of aromatic nitrogens is 1. The Kier molecular flexibility index (Phi) is 4.67. The van der Waals surface area contributed by atoms with Crippen LogP contribution in [0.3, 0.4) is 0 Å². The summed E-state index contributed by atoms with van der Waals surface area (Å²) < 4.78 is 0. The molecule has 4 heteroatoms. The second-order valence-electron chi connectivity index (χ2n) is 6.06. The molecule has 0 bridgehead atoms. The van der Waals surface area contributed by atoms with Crippen LogP contribution < -0.4 is 4.90 Å². The number of H-pyrrole nitrogens is 1. The van der Waals surface area contributed by atoms with Crippen LogP contribution in [0.1, 0.15) is 19.4 Å². The molecule has 1 heterocycles.